The van der Waals surface area contributed by atoms with Crippen molar-refractivity contribution in [3.63, 3.8) is 0 Å². The smallest absolute Gasteiger partial charge is 0.167 e. The molecule has 0 aromatic heterocycles. The predicted octanol–water partition coefficient (Wildman–Crippen LogP) is 4.44. The van der Waals surface area contributed by atoms with Gasteiger partial charge in [0.05, 0.1) is 0 Å². The SMILES string of the molecule is CCc1ccc(C(=O)Cc2ccc(Br)cc2)cc1. The Morgan fingerprint density at radius 2 is 1.50 bits per heavy atom. The van der Waals surface area contributed by atoms with Crippen LogP contribution in [0.25, 0.3) is 0 Å². The third-order valence-corrected chi connectivity index (χ3v) is 3.49. The summed E-state index contributed by atoms with van der Waals surface area (Å²) in [4.78, 5) is 12.1. The average Bonchev–Trinajstić information content (AvgIpc) is 2.41. The summed E-state index contributed by atoms with van der Waals surface area (Å²) in [5.74, 6) is 0.167. The molecule has 0 aliphatic heterocycles. The molecule has 0 bridgehead atoms. The van der Waals surface area contributed by atoms with Crippen LogP contribution in [0.3, 0.4) is 0 Å². The molecule has 2 aromatic rings. The maximum Gasteiger partial charge on any atom is 0.167 e. The molecule has 18 heavy (non-hydrogen) atoms. The molecule has 0 amide bonds. The van der Waals surface area contributed by atoms with Gasteiger partial charge in [-0.25, -0.2) is 0 Å². The van der Waals surface area contributed by atoms with Crippen LogP contribution in [0, 0.1) is 0 Å². The van der Waals surface area contributed by atoms with Crippen LogP contribution < -0.4 is 0 Å². The van der Waals surface area contributed by atoms with Gasteiger partial charge in [0.2, 0.25) is 0 Å². The molecule has 0 N–H and O–H groups in total. The first kappa shape index (κ1) is 13.0. The Kier molecular flexibility index (Phi) is 4.32. The number of hydrogen-bond donors (Lipinski definition) is 0. The van der Waals surface area contributed by atoms with E-state index in [1.54, 1.807) is 0 Å². The largest absolute Gasteiger partial charge is 0.294 e. The Balaban J connectivity index is 2.09. The second kappa shape index (κ2) is 5.96. The van der Waals surface area contributed by atoms with Gasteiger partial charge in [-0.3, -0.25) is 4.79 Å². The molecule has 0 heterocycles. The van der Waals surface area contributed by atoms with Crippen LogP contribution in [0.2, 0.25) is 0 Å². The summed E-state index contributed by atoms with van der Waals surface area (Å²) in [5.41, 5.74) is 3.09. The maximum absolute atomic E-state index is 12.1. The number of halogens is 1. The van der Waals surface area contributed by atoms with E-state index >= 15 is 0 Å². The van der Waals surface area contributed by atoms with Crippen molar-refractivity contribution >= 4 is 21.7 Å². The van der Waals surface area contributed by atoms with Crippen molar-refractivity contribution in [1.82, 2.24) is 0 Å². The van der Waals surface area contributed by atoms with Gasteiger partial charge in [-0.15, -0.1) is 0 Å². The summed E-state index contributed by atoms with van der Waals surface area (Å²) >= 11 is 3.39. The fraction of sp³-hybridized carbons (Fsp3) is 0.188. The number of Topliss-reactive ketones (excluding diaryl/α,β-unsaturated/α-hetero) is 1. The number of ketones is 1. The predicted molar refractivity (Wildman–Crippen MR) is 78.0 cm³/mol. The summed E-state index contributed by atoms with van der Waals surface area (Å²) < 4.78 is 1.03. The molecule has 2 heteroatoms. The maximum atomic E-state index is 12.1. The van der Waals surface area contributed by atoms with E-state index in [0.29, 0.717) is 6.42 Å². The summed E-state index contributed by atoms with van der Waals surface area (Å²) in [6.07, 6.45) is 1.46. The van der Waals surface area contributed by atoms with Crippen LogP contribution >= 0.6 is 15.9 Å². The quantitative estimate of drug-likeness (QED) is 0.763. The van der Waals surface area contributed by atoms with E-state index in [0.717, 1.165) is 22.0 Å². The van der Waals surface area contributed by atoms with Gasteiger partial charge >= 0.3 is 0 Å². The van der Waals surface area contributed by atoms with E-state index in [1.165, 1.54) is 5.56 Å². The van der Waals surface area contributed by atoms with Gasteiger partial charge in [-0.2, -0.15) is 0 Å². The van der Waals surface area contributed by atoms with Crippen molar-refractivity contribution in [1.29, 1.82) is 0 Å². The molecule has 0 spiro atoms. The van der Waals surface area contributed by atoms with Gasteiger partial charge in [0.25, 0.3) is 0 Å². The number of aryl methyl sites for hydroxylation is 1. The van der Waals surface area contributed by atoms with E-state index in [2.05, 4.69) is 22.9 Å². The highest BCUT2D eigenvalue weighted by Gasteiger charge is 2.06. The van der Waals surface area contributed by atoms with Gasteiger partial charge in [0.1, 0.15) is 0 Å². The monoisotopic (exact) mass is 302 g/mol. The number of hydrogen-bond acceptors (Lipinski definition) is 1. The standard InChI is InChI=1S/C16H15BrO/c1-2-12-3-7-14(8-4-12)16(18)11-13-5-9-15(17)10-6-13/h3-10H,2,11H2,1H3. The first-order chi connectivity index (χ1) is 8.69. The highest BCUT2D eigenvalue weighted by atomic mass is 79.9. The summed E-state index contributed by atoms with van der Waals surface area (Å²) in [6.45, 7) is 2.11. The minimum absolute atomic E-state index is 0.167. The van der Waals surface area contributed by atoms with Gasteiger partial charge in [-0.1, -0.05) is 59.3 Å². The zero-order valence-electron chi connectivity index (χ0n) is 10.3. The minimum Gasteiger partial charge on any atom is -0.294 e. The fourth-order valence-electron chi connectivity index (χ4n) is 1.82. The van der Waals surface area contributed by atoms with E-state index in [-0.39, 0.29) is 5.78 Å². The van der Waals surface area contributed by atoms with Crippen LogP contribution in [-0.2, 0) is 12.8 Å². The molecule has 0 fully saturated rings. The molecule has 0 unspecified atom stereocenters. The third-order valence-electron chi connectivity index (χ3n) is 2.96. The molecule has 0 radical (unpaired) electrons. The Hall–Kier alpha value is -1.41. The highest BCUT2D eigenvalue weighted by Crippen LogP contribution is 2.13. The van der Waals surface area contributed by atoms with Crippen molar-refractivity contribution in [2.45, 2.75) is 19.8 Å². The lowest BCUT2D eigenvalue weighted by Crippen LogP contribution is -2.03. The van der Waals surface area contributed by atoms with E-state index < -0.39 is 0 Å². The van der Waals surface area contributed by atoms with Gasteiger partial charge in [0.15, 0.2) is 5.78 Å². The van der Waals surface area contributed by atoms with Crippen molar-refractivity contribution < 1.29 is 4.79 Å². The van der Waals surface area contributed by atoms with Gasteiger partial charge in [-0.05, 0) is 29.7 Å². The number of carbonyl (C=O) groups is 1. The van der Waals surface area contributed by atoms with Crippen LogP contribution in [0.1, 0.15) is 28.4 Å². The molecular formula is C16H15BrO. The fourth-order valence-corrected chi connectivity index (χ4v) is 2.08. The van der Waals surface area contributed by atoms with Crippen LogP contribution in [-0.4, -0.2) is 5.78 Å². The van der Waals surface area contributed by atoms with Crippen LogP contribution in [0.15, 0.2) is 53.0 Å². The van der Waals surface area contributed by atoms with Crippen molar-refractivity contribution in [3.8, 4) is 0 Å². The summed E-state index contributed by atoms with van der Waals surface area (Å²) in [7, 11) is 0. The lowest BCUT2D eigenvalue weighted by molar-refractivity contribution is 0.0993. The molecular weight excluding hydrogens is 288 g/mol. The van der Waals surface area contributed by atoms with Gasteiger partial charge < -0.3 is 0 Å². The molecule has 1 nitrogen and oxygen atoms in total. The Morgan fingerprint density at radius 3 is 2.06 bits per heavy atom. The molecule has 0 aliphatic carbocycles. The zero-order chi connectivity index (χ0) is 13.0. The molecule has 0 aliphatic rings. The lowest BCUT2D eigenvalue weighted by Gasteiger charge is -2.03. The number of carbonyl (C=O) groups excluding carboxylic acids is 1. The molecule has 92 valence electrons. The first-order valence-electron chi connectivity index (χ1n) is 6.05. The summed E-state index contributed by atoms with van der Waals surface area (Å²) in [6, 6.07) is 15.8. The minimum atomic E-state index is 0.167. The van der Waals surface area contributed by atoms with Crippen molar-refractivity contribution in [3.05, 3.63) is 69.7 Å². The zero-order valence-corrected chi connectivity index (χ0v) is 11.9. The Labute approximate surface area is 116 Å². The third kappa shape index (κ3) is 3.30. The van der Waals surface area contributed by atoms with E-state index in [4.69, 9.17) is 0 Å². The second-order valence-corrected chi connectivity index (χ2v) is 5.19. The normalized spacial score (nSPS) is 10.3. The lowest BCUT2D eigenvalue weighted by atomic mass is 10.0. The van der Waals surface area contributed by atoms with E-state index in [9.17, 15) is 4.79 Å². The van der Waals surface area contributed by atoms with Gasteiger partial charge in [0, 0.05) is 16.5 Å². The Morgan fingerprint density at radius 1 is 0.944 bits per heavy atom. The first-order valence-corrected chi connectivity index (χ1v) is 6.85. The molecule has 2 aromatic carbocycles. The number of rotatable bonds is 4. The summed E-state index contributed by atoms with van der Waals surface area (Å²) in [5, 5.41) is 0. The molecule has 0 saturated carbocycles. The average molecular weight is 303 g/mol. The van der Waals surface area contributed by atoms with Crippen LogP contribution in [0.5, 0.6) is 0 Å². The van der Waals surface area contributed by atoms with E-state index in [1.807, 2.05) is 48.5 Å². The molecule has 0 saturated heterocycles. The highest BCUT2D eigenvalue weighted by molar-refractivity contribution is 9.10. The van der Waals surface area contributed by atoms with Crippen LogP contribution in [0.4, 0.5) is 0 Å². The second-order valence-electron chi connectivity index (χ2n) is 4.28. The number of benzene rings is 2. The Bertz CT molecular complexity index is 526. The molecule has 2 rings (SSSR count). The van der Waals surface area contributed by atoms with Crippen molar-refractivity contribution in [2.24, 2.45) is 0 Å². The molecule has 0 atom stereocenters. The topological polar surface area (TPSA) is 17.1 Å². The van der Waals surface area contributed by atoms with Crippen molar-refractivity contribution in [2.75, 3.05) is 0 Å².